The molecule has 1 aliphatic heterocycles. The summed E-state index contributed by atoms with van der Waals surface area (Å²) in [5, 5.41) is 39.3. The fraction of sp³-hybridized carbons (Fsp3) is 0.574. The van der Waals surface area contributed by atoms with Crippen molar-refractivity contribution in [1.29, 1.82) is 0 Å². The van der Waals surface area contributed by atoms with Crippen molar-refractivity contribution in [2.45, 2.75) is 76.9 Å². The van der Waals surface area contributed by atoms with Gasteiger partial charge in [0.1, 0.15) is 17.9 Å². The lowest BCUT2D eigenvalue weighted by molar-refractivity contribution is -0.182. The zero-order chi connectivity index (χ0) is 43.4. The molecule has 1 unspecified atom stereocenters. The lowest BCUT2D eigenvalue weighted by Crippen LogP contribution is -2.59. The highest BCUT2D eigenvalue weighted by atomic mass is 16.7. The molecule has 4 fully saturated rings. The predicted octanol–water partition coefficient (Wildman–Crippen LogP) is 4.03. The summed E-state index contributed by atoms with van der Waals surface area (Å²) in [6.45, 7) is 7.15. The SMILES string of the molecule is COc1c(CN2O[C@@H](CO)[C@@H]([C@H](C)O)[C@H]2C(=O)N[C@H]2C[C@H]3C[C@H](C3C)[C@@H]2C)cccc1-c1cc(C(=O)N[C@@H](Cc2ccccc2N(C)CCO)CN(C)C)cc(N(C)C)c1. The second-order valence-electron chi connectivity index (χ2n) is 18.0. The van der Waals surface area contributed by atoms with Crippen LogP contribution in [0.15, 0.2) is 60.7 Å². The molecule has 1 saturated heterocycles. The Labute approximate surface area is 356 Å². The summed E-state index contributed by atoms with van der Waals surface area (Å²) in [5.74, 6) is 1.73. The Morgan fingerprint density at radius 1 is 0.967 bits per heavy atom. The van der Waals surface area contributed by atoms with Crippen LogP contribution in [0.4, 0.5) is 11.4 Å². The van der Waals surface area contributed by atoms with Crippen LogP contribution in [0.3, 0.4) is 0 Å². The Balaban J connectivity index is 1.28. The van der Waals surface area contributed by atoms with Gasteiger partial charge in [0.15, 0.2) is 0 Å². The molecule has 2 amide bonds. The second kappa shape index (κ2) is 19.6. The lowest BCUT2D eigenvalue weighted by Gasteiger charge is -2.55. The van der Waals surface area contributed by atoms with Gasteiger partial charge in [-0.2, -0.15) is 5.06 Å². The number of hydroxylamine groups is 2. The third kappa shape index (κ3) is 9.77. The van der Waals surface area contributed by atoms with Gasteiger partial charge >= 0.3 is 0 Å². The highest BCUT2D eigenvalue weighted by molar-refractivity contribution is 5.97. The predicted molar refractivity (Wildman–Crippen MR) is 236 cm³/mol. The van der Waals surface area contributed by atoms with Crippen molar-refractivity contribution < 1.29 is 34.5 Å². The van der Waals surface area contributed by atoms with Crippen LogP contribution in [0.25, 0.3) is 11.1 Å². The van der Waals surface area contributed by atoms with Crippen molar-refractivity contribution in [2.75, 3.05) is 78.5 Å². The molecule has 3 aromatic rings. The number of aliphatic hydroxyl groups is 3. The quantitative estimate of drug-likeness (QED) is 0.127. The number of nitrogens with zero attached hydrogens (tertiary/aromatic N) is 4. The fourth-order valence-electron chi connectivity index (χ4n) is 10.1. The topological polar surface area (TPSA) is 150 Å². The van der Waals surface area contributed by atoms with Crippen LogP contribution >= 0.6 is 0 Å². The van der Waals surface area contributed by atoms with Gasteiger partial charge in [-0.15, -0.1) is 0 Å². The van der Waals surface area contributed by atoms with Crippen molar-refractivity contribution in [3.63, 3.8) is 0 Å². The number of nitrogens with one attached hydrogen (secondary N) is 2. The summed E-state index contributed by atoms with van der Waals surface area (Å²) in [7, 11) is 11.4. The van der Waals surface area contributed by atoms with Crippen LogP contribution in [0.5, 0.6) is 5.75 Å². The van der Waals surface area contributed by atoms with Gasteiger partial charge in [0.2, 0.25) is 5.91 Å². The Kier molecular flexibility index (Phi) is 14.8. The molecule has 0 radical (unpaired) electrons. The summed E-state index contributed by atoms with van der Waals surface area (Å²) in [6.07, 6.45) is 1.07. The lowest BCUT2D eigenvalue weighted by atomic mass is 9.52. The molecule has 60 heavy (non-hydrogen) atoms. The maximum atomic E-state index is 14.3. The minimum absolute atomic E-state index is 0.0399. The smallest absolute Gasteiger partial charge is 0.251 e. The van der Waals surface area contributed by atoms with Gasteiger partial charge in [-0.25, -0.2) is 0 Å². The maximum Gasteiger partial charge on any atom is 0.251 e. The van der Waals surface area contributed by atoms with Gasteiger partial charge < -0.3 is 45.4 Å². The van der Waals surface area contributed by atoms with E-state index in [9.17, 15) is 24.9 Å². The number of anilines is 2. The molecular weight excluding hydrogens is 761 g/mol. The highest BCUT2D eigenvalue weighted by Crippen LogP contribution is 2.53. The first-order chi connectivity index (χ1) is 28.6. The van der Waals surface area contributed by atoms with Gasteiger partial charge in [0, 0.05) is 80.3 Å². The first kappa shape index (κ1) is 45.3. The molecule has 0 aromatic heterocycles. The van der Waals surface area contributed by atoms with Crippen molar-refractivity contribution in [1.82, 2.24) is 20.6 Å². The molecule has 0 spiro atoms. The van der Waals surface area contributed by atoms with Crippen LogP contribution in [0.2, 0.25) is 0 Å². The third-order valence-corrected chi connectivity index (χ3v) is 13.4. The number of methoxy groups -OCH3 is 1. The molecule has 2 bridgehead atoms. The highest BCUT2D eigenvalue weighted by Gasteiger charge is 2.53. The van der Waals surface area contributed by atoms with E-state index in [1.54, 1.807) is 19.1 Å². The van der Waals surface area contributed by atoms with Crippen LogP contribution in [0, 0.1) is 29.6 Å². The normalized spacial score (nSPS) is 25.9. The molecule has 4 aliphatic rings. The van der Waals surface area contributed by atoms with Gasteiger partial charge in [-0.3, -0.25) is 14.4 Å². The maximum absolute atomic E-state index is 14.3. The van der Waals surface area contributed by atoms with E-state index in [0.29, 0.717) is 54.5 Å². The molecule has 5 N–H and O–H groups in total. The van der Waals surface area contributed by atoms with Gasteiger partial charge in [0.25, 0.3) is 5.91 Å². The number of amides is 2. The molecule has 3 saturated carbocycles. The van der Waals surface area contributed by atoms with Gasteiger partial charge in [0.05, 0.1) is 33.0 Å². The average molecular weight is 829 g/mol. The van der Waals surface area contributed by atoms with E-state index in [2.05, 4.69) is 35.4 Å². The molecule has 7 rings (SSSR count). The van der Waals surface area contributed by atoms with Gasteiger partial charge in [-0.1, -0.05) is 50.2 Å². The number of para-hydroxylation sites is 2. The number of carbonyl (C=O) groups excluding carboxylic acids is 2. The van der Waals surface area contributed by atoms with Crippen molar-refractivity contribution in [3.05, 3.63) is 77.4 Å². The number of likely N-dealkylation sites (N-methyl/N-ethyl adjacent to an activating group) is 2. The molecule has 10 atom stereocenters. The molecule has 3 aromatic carbocycles. The first-order valence-corrected chi connectivity index (χ1v) is 21.5. The zero-order valence-corrected chi connectivity index (χ0v) is 37.0. The fourth-order valence-corrected chi connectivity index (χ4v) is 10.1. The van der Waals surface area contributed by atoms with E-state index < -0.39 is 24.2 Å². The van der Waals surface area contributed by atoms with Crippen molar-refractivity contribution in [3.8, 4) is 16.9 Å². The Bertz CT molecular complexity index is 1940. The van der Waals surface area contributed by atoms with E-state index in [0.717, 1.165) is 40.0 Å². The van der Waals surface area contributed by atoms with Crippen LogP contribution in [-0.2, 0) is 22.6 Å². The molecule has 328 valence electrons. The Hall–Kier alpha value is -4.24. The minimum atomic E-state index is -0.911. The molecule has 13 nitrogen and oxygen atoms in total. The number of ether oxygens (including phenoxy) is 1. The van der Waals surface area contributed by atoms with E-state index >= 15 is 0 Å². The monoisotopic (exact) mass is 829 g/mol. The summed E-state index contributed by atoms with van der Waals surface area (Å²) in [5.41, 5.74) is 5.69. The molecule has 3 aliphatic carbocycles. The largest absolute Gasteiger partial charge is 0.496 e. The molecule has 1 heterocycles. The molecular formula is C47H68N6O7. The number of hydrogen-bond acceptors (Lipinski definition) is 11. The Morgan fingerprint density at radius 2 is 1.70 bits per heavy atom. The van der Waals surface area contributed by atoms with Crippen LogP contribution in [0.1, 0.15) is 55.1 Å². The van der Waals surface area contributed by atoms with E-state index in [1.165, 1.54) is 6.42 Å². The first-order valence-electron chi connectivity index (χ1n) is 21.5. The standard InChI is InChI=1S/C47H68N6O7/c1-28-33-23-39(28)29(2)40(24-33)49-47(58)44-43(30(3)56)42(27-55)60-53(44)25-32-14-12-15-38(45(32)59-9)34-19-35(22-37(21-34)51(6)7)46(57)48-36(26-50(4)5)20-31-13-10-11-16-41(31)52(8)17-18-54/h10-16,19,21-22,28-30,33,36,39-40,42-44,54-56H,17-18,20,23-27H2,1-9H3,(H,48,57)(H,49,58)/t28?,29-,30-,33+,36-,39+,40-,42-,43+,44-/m0/s1. The minimum Gasteiger partial charge on any atom is -0.496 e. The average Bonchev–Trinajstić information content (AvgIpc) is 3.59. The number of benzene rings is 3. The van der Waals surface area contributed by atoms with E-state index in [4.69, 9.17) is 9.57 Å². The number of aliphatic hydroxyl groups excluding tert-OH is 3. The number of fused-ring (bicyclic) bond motifs is 2. The summed E-state index contributed by atoms with van der Waals surface area (Å²) in [4.78, 5) is 40.9. The number of carbonyl (C=O) groups is 2. The Morgan fingerprint density at radius 3 is 2.33 bits per heavy atom. The second-order valence-corrected chi connectivity index (χ2v) is 18.0. The zero-order valence-electron chi connectivity index (χ0n) is 37.0. The molecule has 13 heteroatoms. The van der Waals surface area contributed by atoms with Crippen molar-refractivity contribution in [2.24, 2.45) is 29.6 Å². The number of hydrogen-bond donors (Lipinski definition) is 5. The number of rotatable bonds is 18. The summed E-state index contributed by atoms with van der Waals surface area (Å²) < 4.78 is 6.13. The van der Waals surface area contributed by atoms with Crippen molar-refractivity contribution >= 4 is 23.2 Å². The summed E-state index contributed by atoms with van der Waals surface area (Å²) >= 11 is 0. The summed E-state index contributed by atoms with van der Waals surface area (Å²) in [6, 6.07) is 18.7. The van der Waals surface area contributed by atoms with Crippen LogP contribution < -0.4 is 25.2 Å². The third-order valence-electron chi connectivity index (χ3n) is 13.4. The van der Waals surface area contributed by atoms with E-state index in [-0.39, 0.29) is 43.7 Å². The van der Waals surface area contributed by atoms with Crippen LogP contribution in [-0.4, -0.2) is 136 Å². The van der Waals surface area contributed by atoms with Gasteiger partial charge in [-0.05, 0) is 99.3 Å². The van der Waals surface area contributed by atoms with E-state index in [1.807, 2.05) is 99.6 Å².